The molecule has 2 aromatic rings. The molecule has 0 aromatic heterocycles. The molecule has 110 valence electrons. The quantitative estimate of drug-likeness (QED) is 0.654. The van der Waals surface area contributed by atoms with Gasteiger partial charge in [-0.1, -0.05) is 34.8 Å². The van der Waals surface area contributed by atoms with Crippen LogP contribution in [0.2, 0.25) is 15.1 Å². The van der Waals surface area contributed by atoms with Crippen LogP contribution in [-0.4, -0.2) is 5.91 Å². The maximum Gasteiger partial charge on any atom is 0.256 e. The first-order valence-corrected chi connectivity index (χ1v) is 7.00. The van der Waals surface area contributed by atoms with Crippen molar-refractivity contribution in [2.45, 2.75) is 6.92 Å². The molecule has 0 bridgehead atoms. The van der Waals surface area contributed by atoms with E-state index in [0.717, 1.165) is 5.06 Å². The molecule has 21 heavy (non-hydrogen) atoms. The van der Waals surface area contributed by atoms with Crippen molar-refractivity contribution in [1.82, 2.24) is 0 Å². The highest BCUT2D eigenvalue weighted by atomic mass is 35.5. The number of amides is 1. The van der Waals surface area contributed by atoms with Crippen LogP contribution in [0.5, 0.6) is 5.75 Å². The van der Waals surface area contributed by atoms with Gasteiger partial charge in [-0.15, -0.1) is 5.06 Å². The largest absolute Gasteiger partial charge is 0.397 e. The summed E-state index contributed by atoms with van der Waals surface area (Å²) in [4.78, 5) is 17.3. The van der Waals surface area contributed by atoms with E-state index in [4.69, 9.17) is 45.4 Å². The molecule has 0 saturated carbocycles. The van der Waals surface area contributed by atoms with E-state index in [1.807, 2.05) is 0 Å². The lowest BCUT2D eigenvalue weighted by Gasteiger charge is -2.22. The third-order valence-corrected chi connectivity index (χ3v) is 3.46. The summed E-state index contributed by atoms with van der Waals surface area (Å²) in [5.41, 5.74) is 6.28. The average Bonchev–Trinajstić information content (AvgIpc) is 2.42. The number of anilines is 2. The summed E-state index contributed by atoms with van der Waals surface area (Å²) in [5.74, 6) is 0.0614. The highest BCUT2D eigenvalue weighted by molar-refractivity contribution is 6.37. The fraction of sp³-hybridized carbons (Fsp3) is 0.0714. The van der Waals surface area contributed by atoms with Gasteiger partial charge < -0.3 is 10.6 Å². The number of halogens is 3. The van der Waals surface area contributed by atoms with E-state index in [2.05, 4.69) is 0 Å². The standard InChI is InChI=1S/C14H11Cl3N2O2/c1-8(20)19(21-10-4-2-9(15)3-5-10)14-7-11(16)13(18)6-12(14)17/h2-7H,18H2,1H3. The first kappa shape index (κ1) is 15.8. The molecule has 0 radical (unpaired) electrons. The summed E-state index contributed by atoms with van der Waals surface area (Å²) in [6.07, 6.45) is 0. The molecule has 2 rings (SSSR count). The number of hydrogen-bond acceptors (Lipinski definition) is 3. The fourth-order valence-electron chi connectivity index (χ4n) is 1.59. The Bertz CT molecular complexity index is 675. The van der Waals surface area contributed by atoms with Crippen LogP contribution in [0.4, 0.5) is 11.4 Å². The lowest BCUT2D eigenvalue weighted by molar-refractivity contribution is -0.120. The molecule has 0 saturated heterocycles. The van der Waals surface area contributed by atoms with E-state index >= 15 is 0 Å². The summed E-state index contributed by atoms with van der Waals surface area (Å²) >= 11 is 17.9. The molecular weight excluding hydrogens is 335 g/mol. The average molecular weight is 346 g/mol. The monoisotopic (exact) mass is 344 g/mol. The van der Waals surface area contributed by atoms with E-state index < -0.39 is 0 Å². The fourth-order valence-corrected chi connectivity index (χ4v) is 2.12. The minimum absolute atomic E-state index is 0.251. The SMILES string of the molecule is CC(=O)N(Oc1ccc(Cl)cc1)c1cc(Cl)c(N)cc1Cl. The van der Waals surface area contributed by atoms with Gasteiger partial charge in [0.05, 0.1) is 15.7 Å². The smallest absolute Gasteiger partial charge is 0.256 e. The topological polar surface area (TPSA) is 55.6 Å². The maximum atomic E-state index is 11.8. The van der Waals surface area contributed by atoms with Gasteiger partial charge in [-0.25, -0.2) is 0 Å². The van der Waals surface area contributed by atoms with Crippen LogP contribution >= 0.6 is 34.8 Å². The second-order valence-corrected chi connectivity index (χ2v) is 5.43. The Morgan fingerprint density at radius 1 is 1.10 bits per heavy atom. The molecule has 0 heterocycles. The van der Waals surface area contributed by atoms with Gasteiger partial charge in [-0.05, 0) is 36.4 Å². The predicted molar refractivity (Wildman–Crippen MR) is 86.1 cm³/mol. The summed E-state index contributed by atoms with van der Waals surface area (Å²) < 4.78 is 0. The number of hydrogen-bond donors (Lipinski definition) is 1. The molecule has 7 heteroatoms. The maximum absolute atomic E-state index is 11.8. The third kappa shape index (κ3) is 3.73. The van der Waals surface area contributed by atoms with E-state index in [9.17, 15) is 4.79 Å². The second-order valence-electron chi connectivity index (χ2n) is 4.18. The molecule has 0 atom stereocenters. The third-order valence-electron chi connectivity index (χ3n) is 2.58. The number of carbonyl (C=O) groups excluding carboxylic acids is 1. The second kappa shape index (κ2) is 6.43. The summed E-state index contributed by atoms with van der Waals surface area (Å²) in [5, 5.41) is 2.13. The Kier molecular flexibility index (Phi) is 4.83. The van der Waals surface area contributed by atoms with Crippen molar-refractivity contribution < 1.29 is 9.63 Å². The minimum atomic E-state index is -0.368. The van der Waals surface area contributed by atoms with Crippen LogP contribution < -0.4 is 15.6 Å². The molecule has 0 aliphatic heterocycles. The van der Waals surface area contributed by atoms with Crippen molar-refractivity contribution in [3.63, 3.8) is 0 Å². The van der Waals surface area contributed by atoms with Crippen LogP contribution in [0, 0.1) is 0 Å². The molecular formula is C14H11Cl3N2O2. The van der Waals surface area contributed by atoms with Crippen molar-refractivity contribution in [3.05, 3.63) is 51.5 Å². The highest BCUT2D eigenvalue weighted by Crippen LogP contribution is 2.34. The van der Waals surface area contributed by atoms with Crippen molar-refractivity contribution >= 4 is 52.1 Å². The first-order chi connectivity index (χ1) is 9.88. The molecule has 0 spiro atoms. The number of nitrogens with zero attached hydrogens (tertiary/aromatic N) is 1. The van der Waals surface area contributed by atoms with Crippen LogP contribution in [0.3, 0.4) is 0 Å². The van der Waals surface area contributed by atoms with Crippen LogP contribution in [0.25, 0.3) is 0 Å². The Morgan fingerprint density at radius 2 is 1.71 bits per heavy atom. The lowest BCUT2D eigenvalue weighted by Crippen LogP contribution is -2.32. The van der Waals surface area contributed by atoms with Gasteiger partial charge in [0.2, 0.25) is 0 Å². The number of carbonyl (C=O) groups is 1. The van der Waals surface area contributed by atoms with Gasteiger partial charge in [0.1, 0.15) is 5.69 Å². The van der Waals surface area contributed by atoms with E-state index in [1.165, 1.54) is 19.1 Å². The molecule has 0 aliphatic rings. The van der Waals surface area contributed by atoms with Gasteiger partial charge in [-0.2, -0.15) is 0 Å². The molecule has 0 unspecified atom stereocenters. The van der Waals surface area contributed by atoms with Crippen molar-refractivity contribution in [2.24, 2.45) is 0 Å². The number of nitrogen functional groups attached to an aromatic ring is 1. The molecule has 4 nitrogen and oxygen atoms in total. The van der Waals surface area contributed by atoms with Gasteiger partial charge in [0.25, 0.3) is 5.91 Å². The van der Waals surface area contributed by atoms with Gasteiger partial charge in [0, 0.05) is 11.9 Å². The number of nitrogens with two attached hydrogens (primary N) is 1. The summed E-state index contributed by atoms with van der Waals surface area (Å²) in [6, 6.07) is 9.48. The molecule has 1 amide bonds. The zero-order valence-electron chi connectivity index (χ0n) is 10.9. The van der Waals surface area contributed by atoms with E-state index in [0.29, 0.717) is 22.1 Å². The van der Waals surface area contributed by atoms with Crippen molar-refractivity contribution in [3.8, 4) is 5.75 Å². The zero-order valence-corrected chi connectivity index (χ0v) is 13.2. The Balaban J connectivity index is 2.38. The first-order valence-electron chi connectivity index (χ1n) is 5.87. The predicted octanol–water partition coefficient (Wildman–Crippen LogP) is 4.58. The lowest BCUT2D eigenvalue weighted by atomic mass is 10.2. The van der Waals surface area contributed by atoms with Crippen LogP contribution in [0.15, 0.2) is 36.4 Å². The van der Waals surface area contributed by atoms with Crippen molar-refractivity contribution in [1.29, 1.82) is 0 Å². The summed E-state index contributed by atoms with van der Waals surface area (Å²) in [7, 11) is 0. The highest BCUT2D eigenvalue weighted by Gasteiger charge is 2.19. The van der Waals surface area contributed by atoms with E-state index in [1.54, 1.807) is 24.3 Å². The number of hydroxylamine groups is 1. The molecule has 0 aliphatic carbocycles. The molecule has 2 N–H and O–H groups in total. The van der Waals surface area contributed by atoms with Gasteiger partial charge in [0.15, 0.2) is 5.75 Å². The van der Waals surface area contributed by atoms with E-state index in [-0.39, 0.29) is 16.0 Å². The minimum Gasteiger partial charge on any atom is -0.397 e. The van der Waals surface area contributed by atoms with Crippen LogP contribution in [0.1, 0.15) is 6.92 Å². The Morgan fingerprint density at radius 3 is 2.29 bits per heavy atom. The van der Waals surface area contributed by atoms with Gasteiger partial charge in [-0.3, -0.25) is 4.79 Å². The number of rotatable bonds is 3. The zero-order chi connectivity index (χ0) is 15.6. The normalized spacial score (nSPS) is 10.3. The Hall–Kier alpha value is -1.62. The Labute approximate surface area is 136 Å². The van der Waals surface area contributed by atoms with Crippen LogP contribution in [-0.2, 0) is 4.79 Å². The van der Waals surface area contributed by atoms with Gasteiger partial charge >= 0.3 is 0 Å². The molecule has 0 fully saturated rings. The molecule has 2 aromatic carbocycles. The number of benzene rings is 2. The summed E-state index contributed by atoms with van der Waals surface area (Å²) in [6.45, 7) is 1.34. The van der Waals surface area contributed by atoms with Crippen molar-refractivity contribution in [2.75, 3.05) is 10.8 Å².